The number of aromatic hydroxyl groups is 1. The van der Waals surface area contributed by atoms with Gasteiger partial charge in [0.1, 0.15) is 4.88 Å². The molecule has 7 nitrogen and oxygen atoms in total. The summed E-state index contributed by atoms with van der Waals surface area (Å²) in [5, 5.41) is 11.5. The van der Waals surface area contributed by atoms with Crippen molar-refractivity contribution in [2.45, 2.75) is 43.9 Å². The molecule has 1 N–H and O–H groups in total. The summed E-state index contributed by atoms with van der Waals surface area (Å²) in [7, 11) is 0. The fourth-order valence-electron chi connectivity index (χ4n) is 8.11. The number of morpholine rings is 1. The number of hydrogen-bond donors (Lipinski definition) is 1. The van der Waals surface area contributed by atoms with Gasteiger partial charge < -0.3 is 24.2 Å². The van der Waals surface area contributed by atoms with Crippen LogP contribution in [0.3, 0.4) is 0 Å². The average molecular weight is 518 g/mol. The smallest absolute Gasteiger partial charge is 0.232 e. The number of nitrogens with zero attached hydrogens (tertiary/aromatic N) is 3. The monoisotopic (exact) mass is 517 g/mol. The third-order valence-electron chi connectivity index (χ3n) is 9.30. The third kappa shape index (κ3) is 3.63. The van der Waals surface area contributed by atoms with E-state index in [4.69, 9.17) is 14.2 Å². The topological polar surface area (TPSA) is 76.9 Å². The van der Waals surface area contributed by atoms with E-state index in [2.05, 4.69) is 33.1 Å². The van der Waals surface area contributed by atoms with Gasteiger partial charge in [-0.2, -0.15) is 4.98 Å². The highest BCUT2D eigenvalue weighted by molar-refractivity contribution is 7.19. The summed E-state index contributed by atoms with van der Waals surface area (Å²) in [5.41, 5.74) is 4.54. The highest BCUT2D eigenvalue weighted by atomic mass is 32.1. The molecule has 1 saturated heterocycles. The second kappa shape index (κ2) is 8.33. The largest absolute Gasteiger partial charge is 0.492 e. The van der Waals surface area contributed by atoms with Gasteiger partial charge in [0.2, 0.25) is 12.7 Å². The van der Waals surface area contributed by atoms with Crippen molar-refractivity contribution in [3.8, 4) is 38.9 Å². The Morgan fingerprint density at radius 2 is 1.62 bits per heavy atom. The summed E-state index contributed by atoms with van der Waals surface area (Å²) >= 11 is 1.51. The minimum absolute atomic E-state index is 0.0605. The highest BCUT2D eigenvalue weighted by Gasteiger charge is 2.53. The molecule has 4 bridgehead atoms. The molecule has 0 spiro atoms. The van der Waals surface area contributed by atoms with Gasteiger partial charge in [-0.1, -0.05) is 11.3 Å². The van der Waals surface area contributed by atoms with Crippen molar-refractivity contribution in [1.82, 2.24) is 9.97 Å². The van der Waals surface area contributed by atoms with Crippen LogP contribution in [-0.2, 0) is 10.2 Å². The highest BCUT2D eigenvalue weighted by Crippen LogP contribution is 2.63. The van der Waals surface area contributed by atoms with Crippen LogP contribution in [0.15, 0.2) is 30.6 Å². The summed E-state index contributed by atoms with van der Waals surface area (Å²) < 4.78 is 17.5. The number of hydrogen-bond acceptors (Lipinski definition) is 8. The molecule has 0 amide bonds. The van der Waals surface area contributed by atoms with Crippen molar-refractivity contribution in [3.05, 3.63) is 36.2 Å². The molecular formula is C29H31N3O4S. The van der Waals surface area contributed by atoms with Crippen LogP contribution in [0, 0.1) is 17.8 Å². The lowest BCUT2D eigenvalue weighted by molar-refractivity contribution is -0.00626. The maximum absolute atomic E-state index is 10.7. The molecule has 9 rings (SSSR count). The van der Waals surface area contributed by atoms with Gasteiger partial charge in [-0.25, -0.2) is 0 Å². The first-order chi connectivity index (χ1) is 18.1. The Kier molecular flexibility index (Phi) is 4.99. The molecule has 192 valence electrons. The number of anilines is 1. The normalized spacial score (nSPS) is 29.7. The summed E-state index contributed by atoms with van der Waals surface area (Å²) in [6, 6.07) is 6.57. The number of ether oxygens (including phenoxy) is 3. The fourth-order valence-corrected chi connectivity index (χ4v) is 9.11. The van der Waals surface area contributed by atoms with E-state index in [0.29, 0.717) is 13.2 Å². The van der Waals surface area contributed by atoms with E-state index >= 15 is 0 Å². The van der Waals surface area contributed by atoms with Crippen molar-refractivity contribution in [1.29, 1.82) is 0 Å². The summed E-state index contributed by atoms with van der Waals surface area (Å²) in [5.74, 6) is 4.44. The first-order valence-corrected chi connectivity index (χ1v) is 14.4. The van der Waals surface area contributed by atoms with Crippen molar-refractivity contribution in [2.75, 3.05) is 38.0 Å². The summed E-state index contributed by atoms with van der Waals surface area (Å²) in [6.45, 7) is 3.23. The molecule has 3 aromatic rings. The number of benzene rings is 1. The molecule has 4 heterocycles. The molecule has 2 aromatic heterocycles. The van der Waals surface area contributed by atoms with E-state index in [9.17, 15) is 5.11 Å². The zero-order valence-electron chi connectivity index (χ0n) is 20.8. The molecule has 4 saturated carbocycles. The van der Waals surface area contributed by atoms with Gasteiger partial charge in [-0.05, 0) is 85.5 Å². The molecule has 6 aliphatic rings. The number of thiazole rings is 1. The first kappa shape index (κ1) is 22.2. The Balaban J connectivity index is 1.18. The summed E-state index contributed by atoms with van der Waals surface area (Å²) in [6.07, 6.45) is 11.8. The Labute approximate surface area is 220 Å². The molecular weight excluding hydrogens is 486 g/mol. The Bertz CT molecular complexity index is 1330. The maximum atomic E-state index is 10.7. The first-order valence-electron chi connectivity index (χ1n) is 13.6. The molecule has 2 aliphatic heterocycles. The molecule has 0 radical (unpaired) electrons. The van der Waals surface area contributed by atoms with E-state index in [0.717, 1.165) is 69.0 Å². The van der Waals surface area contributed by atoms with Gasteiger partial charge in [-0.3, -0.25) is 4.98 Å². The number of rotatable bonds is 4. The SMILES string of the molecule is Oc1nc(N2CCOCC2)sc1-c1cncc(-c2cc3c(c(C45CC6CC(CC(C6)C4)C5)c2)OCO3)c1. The third-order valence-corrected chi connectivity index (χ3v) is 10.4. The Morgan fingerprint density at radius 3 is 2.38 bits per heavy atom. The van der Waals surface area contributed by atoms with Crippen molar-refractivity contribution >= 4 is 16.5 Å². The van der Waals surface area contributed by atoms with Crippen LogP contribution in [0.2, 0.25) is 0 Å². The summed E-state index contributed by atoms with van der Waals surface area (Å²) in [4.78, 5) is 12.0. The molecule has 5 fully saturated rings. The van der Waals surface area contributed by atoms with Gasteiger partial charge in [-0.15, -0.1) is 0 Å². The van der Waals surface area contributed by atoms with E-state index in [1.165, 1.54) is 55.4 Å². The lowest BCUT2D eigenvalue weighted by atomic mass is 9.48. The fraction of sp³-hybridized carbons (Fsp3) is 0.517. The van der Waals surface area contributed by atoms with Crippen molar-refractivity contribution in [2.24, 2.45) is 17.8 Å². The van der Waals surface area contributed by atoms with Crippen LogP contribution < -0.4 is 14.4 Å². The van der Waals surface area contributed by atoms with Crippen LogP contribution in [0.5, 0.6) is 17.4 Å². The molecule has 0 unspecified atom stereocenters. The quantitative estimate of drug-likeness (QED) is 0.482. The predicted octanol–water partition coefficient (Wildman–Crippen LogP) is 5.61. The van der Waals surface area contributed by atoms with Gasteiger partial charge in [0, 0.05) is 42.2 Å². The predicted molar refractivity (Wildman–Crippen MR) is 141 cm³/mol. The average Bonchev–Trinajstić information content (AvgIpc) is 3.54. The zero-order chi connectivity index (χ0) is 24.6. The molecule has 1 aromatic carbocycles. The number of pyridine rings is 1. The van der Waals surface area contributed by atoms with Crippen LogP contribution >= 0.6 is 11.3 Å². The lowest BCUT2D eigenvalue weighted by Gasteiger charge is -2.57. The standard InChI is InChI=1S/C29H31N3O4S/c33-27-26(37-28(31-27)32-1-3-34-4-2-32)22-8-21(14-30-15-22)20-9-23(25-24(10-20)35-16-36-25)29-11-17-5-18(12-29)7-19(6-17)13-29/h8-10,14-15,17-19,33H,1-7,11-13,16H2. The van der Waals surface area contributed by atoms with Gasteiger partial charge in [0.25, 0.3) is 0 Å². The lowest BCUT2D eigenvalue weighted by Crippen LogP contribution is -2.48. The van der Waals surface area contributed by atoms with Gasteiger partial charge >= 0.3 is 0 Å². The van der Waals surface area contributed by atoms with E-state index in [1.807, 2.05) is 12.4 Å². The van der Waals surface area contributed by atoms with E-state index in [-0.39, 0.29) is 18.1 Å². The molecule has 0 atom stereocenters. The second-order valence-electron chi connectivity index (χ2n) is 11.7. The van der Waals surface area contributed by atoms with Crippen LogP contribution in [0.25, 0.3) is 21.6 Å². The number of fused-ring (bicyclic) bond motifs is 1. The van der Waals surface area contributed by atoms with Gasteiger partial charge in [0.15, 0.2) is 16.6 Å². The van der Waals surface area contributed by atoms with E-state index < -0.39 is 0 Å². The minimum Gasteiger partial charge on any atom is -0.492 e. The van der Waals surface area contributed by atoms with Crippen LogP contribution in [0.4, 0.5) is 5.13 Å². The van der Waals surface area contributed by atoms with E-state index in [1.54, 1.807) is 0 Å². The zero-order valence-corrected chi connectivity index (χ0v) is 21.6. The maximum Gasteiger partial charge on any atom is 0.232 e. The number of aromatic nitrogens is 2. The Morgan fingerprint density at radius 1 is 0.892 bits per heavy atom. The van der Waals surface area contributed by atoms with Crippen molar-refractivity contribution in [3.63, 3.8) is 0 Å². The van der Waals surface area contributed by atoms with Crippen molar-refractivity contribution < 1.29 is 19.3 Å². The minimum atomic E-state index is 0.0605. The van der Waals surface area contributed by atoms with Gasteiger partial charge in [0.05, 0.1) is 13.2 Å². The van der Waals surface area contributed by atoms with Crippen LogP contribution in [-0.4, -0.2) is 48.2 Å². The molecule has 37 heavy (non-hydrogen) atoms. The Hall–Kier alpha value is -2.84. The molecule has 8 heteroatoms. The molecule has 4 aliphatic carbocycles. The second-order valence-corrected chi connectivity index (χ2v) is 12.6. The van der Waals surface area contributed by atoms with Crippen LogP contribution in [0.1, 0.15) is 44.1 Å².